The predicted octanol–water partition coefficient (Wildman–Crippen LogP) is 1.97. The number of amides is 2. The molecule has 1 aromatic heterocycles. The van der Waals surface area contributed by atoms with Crippen molar-refractivity contribution in [2.24, 2.45) is 0 Å². The van der Waals surface area contributed by atoms with Crippen molar-refractivity contribution < 1.29 is 24.5 Å². The highest BCUT2D eigenvalue weighted by Crippen LogP contribution is 2.24. The van der Waals surface area contributed by atoms with E-state index in [-0.39, 0.29) is 19.6 Å². The number of aliphatic hydroxyl groups is 2. The molecule has 1 fully saturated rings. The SMILES string of the molecule is Cc1nccnc1-c1ccc([C@H](CO)NC(=O)[C@@H]2C[C@@H](O)CN2C(=O)OC(C)(C)C)cc1. The third-order valence-corrected chi connectivity index (χ3v) is 5.18. The van der Waals surface area contributed by atoms with Crippen LogP contribution in [-0.4, -0.2) is 68.0 Å². The Bertz CT molecular complexity index is 958. The van der Waals surface area contributed by atoms with Gasteiger partial charge in [-0.3, -0.25) is 19.7 Å². The molecule has 1 aliphatic rings. The van der Waals surface area contributed by atoms with Gasteiger partial charge in [-0.25, -0.2) is 4.79 Å². The fourth-order valence-electron chi connectivity index (χ4n) is 3.65. The van der Waals surface area contributed by atoms with E-state index in [2.05, 4.69) is 15.3 Å². The van der Waals surface area contributed by atoms with Gasteiger partial charge >= 0.3 is 6.09 Å². The molecule has 0 unspecified atom stereocenters. The number of benzene rings is 1. The molecule has 2 aromatic rings. The second-order valence-corrected chi connectivity index (χ2v) is 8.89. The number of hydrogen-bond acceptors (Lipinski definition) is 7. The number of aromatic nitrogens is 2. The molecule has 9 heteroatoms. The molecule has 0 spiro atoms. The average Bonchev–Trinajstić information content (AvgIpc) is 3.13. The standard InChI is InChI=1S/C23H30N4O5/c1-14-20(25-10-9-24-14)16-7-5-15(6-8-16)18(13-28)26-21(30)19-11-17(29)12-27(19)22(31)32-23(2,3)4/h5-10,17-19,28-29H,11-13H2,1-4H3,(H,26,30)/t17-,18+,19+/m1/s1. The molecule has 1 saturated heterocycles. The number of β-amino-alcohol motifs (C(OH)–C–C–N with tert-alkyl or cyclic N) is 1. The highest BCUT2D eigenvalue weighted by molar-refractivity contribution is 5.86. The zero-order valence-corrected chi connectivity index (χ0v) is 18.8. The molecular formula is C23H30N4O5. The third kappa shape index (κ3) is 5.60. The number of nitrogens with zero attached hydrogens (tertiary/aromatic N) is 3. The Labute approximate surface area is 187 Å². The quantitative estimate of drug-likeness (QED) is 0.646. The van der Waals surface area contributed by atoms with E-state index in [1.54, 1.807) is 45.3 Å². The van der Waals surface area contributed by atoms with Gasteiger partial charge in [0.1, 0.15) is 11.6 Å². The number of aryl methyl sites for hydroxylation is 1. The highest BCUT2D eigenvalue weighted by Gasteiger charge is 2.41. The van der Waals surface area contributed by atoms with Crippen molar-refractivity contribution in [1.29, 1.82) is 0 Å². The van der Waals surface area contributed by atoms with E-state index in [0.717, 1.165) is 17.0 Å². The van der Waals surface area contributed by atoms with Gasteiger partial charge in [-0.15, -0.1) is 0 Å². The molecule has 3 rings (SSSR count). The van der Waals surface area contributed by atoms with E-state index in [1.165, 1.54) is 4.90 Å². The number of aliphatic hydroxyl groups excluding tert-OH is 2. The zero-order valence-electron chi connectivity index (χ0n) is 18.8. The van der Waals surface area contributed by atoms with Gasteiger partial charge in [-0.05, 0) is 33.3 Å². The summed E-state index contributed by atoms with van der Waals surface area (Å²) in [5.74, 6) is -0.458. The molecule has 1 aromatic carbocycles. The van der Waals surface area contributed by atoms with Crippen LogP contribution in [0, 0.1) is 6.92 Å². The van der Waals surface area contributed by atoms with Gasteiger partial charge in [-0.2, -0.15) is 0 Å². The first-order chi connectivity index (χ1) is 15.1. The summed E-state index contributed by atoms with van der Waals surface area (Å²) >= 11 is 0. The summed E-state index contributed by atoms with van der Waals surface area (Å²) in [6, 6.07) is 5.77. The van der Waals surface area contributed by atoms with Gasteiger partial charge in [0.25, 0.3) is 0 Å². The van der Waals surface area contributed by atoms with Gasteiger partial charge in [-0.1, -0.05) is 24.3 Å². The Kier molecular flexibility index (Phi) is 7.10. The van der Waals surface area contributed by atoms with E-state index >= 15 is 0 Å². The van der Waals surface area contributed by atoms with Crippen LogP contribution in [0.3, 0.4) is 0 Å². The predicted molar refractivity (Wildman–Crippen MR) is 118 cm³/mol. The fraction of sp³-hybridized carbons (Fsp3) is 0.478. The monoisotopic (exact) mass is 442 g/mol. The summed E-state index contributed by atoms with van der Waals surface area (Å²) in [4.78, 5) is 35.3. The molecule has 9 nitrogen and oxygen atoms in total. The van der Waals surface area contributed by atoms with Crippen molar-refractivity contribution in [2.45, 2.75) is 57.9 Å². The molecule has 172 valence electrons. The summed E-state index contributed by atoms with van der Waals surface area (Å²) in [5.41, 5.74) is 2.42. The van der Waals surface area contributed by atoms with Crippen molar-refractivity contribution in [1.82, 2.24) is 20.2 Å². The Balaban J connectivity index is 1.72. The van der Waals surface area contributed by atoms with Crippen LogP contribution in [0.4, 0.5) is 4.79 Å². The van der Waals surface area contributed by atoms with Crippen LogP contribution in [0.2, 0.25) is 0 Å². The maximum atomic E-state index is 12.9. The average molecular weight is 443 g/mol. The second-order valence-electron chi connectivity index (χ2n) is 8.89. The van der Waals surface area contributed by atoms with E-state index < -0.39 is 35.8 Å². The lowest BCUT2D eigenvalue weighted by atomic mass is 10.0. The van der Waals surface area contributed by atoms with Gasteiger partial charge in [0, 0.05) is 24.4 Å². The molecular weight excluding hydrogens is 412 g/mol. The van der Waals surface area contributed by atoms with Crippen LogP contribution in [0.5, 0.6) is 0 Å². The van der Waals surface area contributed by atoms with Crippen molar-refractivity contribution in [2.75, 3.05) is 13.2 Å². The third-order valence-electron chi connectivity index (χ3n) is 5.18. The minimum atomic E-state index is -0.879. The lowest BCUT2D eigenvalue weighted by Crippen LogP contribution is -2.48. The highest BCUT2D eigenvalue weighted by atomic mass is 16.6. The lowest BCUT2D eigenvalue weighted by molar-refractivity contribution is -0.126. The minimum Gasteiger partial charge on any atom is -0.444 e. The maximum absolute atomic E-state index is 12.9. The summed E-state index contributed by atoms with van der Waals surface area (Å²) in [6.45, 7) is 6.78. The van der Waals surface area contributed by atoms with Gasteiger partial charge in [0.05, 0.1) is 36.7 Å². The van der Waals surface area contributed by atoms with Gasteiger partial charge in [0.15, 0.2) is 0 Å². The first-order valence-electron chi connectivity index (χ1n) is 10.6. The molecule has 2 heterocycles. The molecule has 0 radical (unpaired) electrons. The Morgan fingerprint density at radius 2 is 1.88 bits per heavy atom. The number of likely N-dealkylation sites (tertiary alicyclic amines) is 1. The molecule has 32 heavy (non-hydrogen) atoms. The molecule has 2 amide bonds. The Morgan fingerprint density at radius 3 is 2.47 bits per heavy atom. The van der Waals surface area contributed by atoms with Crippen molar-refractivity contribution >= 4 is 12.0 Å². The van der Waals surface area contributed by atoms with Crippen LogP contribution in [0.15, 0.2) is 36.7 Å². The number of rotatable bonds is 5. The van der Waals surface area contributed by atoms with E-state index in [4.69, 9.17) is 4.74 Å². The first-order valence-corrected chi connectivity index (χ1v) is 10.6. The minimum absolute atomic E-state index is 0.0168. The summed E-state index contributed by atoms with van der Waals surface area (Å²) in [7, 11) is 0. The van der Waals surface area contributed by atoms with E-state index in [0.29, 0.717) is 5.56 Å². The van der Waals surface area contributed by atoms with Crippen molar-refractivity contribution in [3.05, 3.63) is 47.9 Å². The van der Waals surface area contributed by atoms with Crippen LogP contribution < -0.4 is 5.32 Å². The number of ether oxygens (including phenoxy) is 1. The molecule has 3 N–H and O–H groups in total. The van der Waals surface area contributed by atoms with Crippen molar-refractivity contribution in [3.63, 3.8) is 0 Å². The maximum Gasteiger partial charge on any atom is 0.411 e. The summed E-state index contributed by atoms with van der Waals surface area (Å²) in [5, 5.41) is 22.7. The number of hydrogen-bond donors (Lipinski definition) is 3. The number of carbonyl (C=O) groups excluding carboxylic acids is 2. The molecule has 0 aliphatic carbocycles. The van der Waals surface area contributed by atoms with Crippen molar-refractivity contribution in [3.8, 4) is 11.3 Å². The molecule has 1 aliphatic heterocycles. The van der Waals surface area contributed by atoms with Gasteiger partial charge < -0.3 is 20.3 Å². The lowest BCUT2D eigenvalue weighted by Gasteiger charge is -2.28. The normalized spacial score (nSPS) is 19.5. The van der Waals surface area contributed by atoms with Crippen LogP contribution in [0.1, 0.15) is 44.5 Å². The summed E-state index contributed by atoms with van der Waals surface area (Å²) in [6.07, 6.45) is 1.89. The molecule has 3 atom stereocenters. The van der Waals surface area contributed by atoms with Crippen LogP contribution in [0.25, 0.3) is 11.3 Å². The molecule has 0 saturated carbocycles. The first kappa shape index (κ1) is 23.6. The van der Waals surface area contributed by atoms with Gasteiger partial charge in [0.2, 0.25) is 5.91 Å². The number of carbonyl (C=O) groups is 2. The summed E-state index contributed by atoms with van der Waals surface area (Å²) < 4.78 is 5.37. The largest absolute Gasteiger partial charge is 0.444 e. The number of nitrogens with one attached hydrogen (secondary N) is 1. The Hall–Kier alpha value is -3.04. The smallest absolute Gasteiger partial charge is 0.411 e. The van der Waals surface area contributed by atoms with E-state index in [9.17, 15) is 19.8 Å². The van der Waals surface area contributed by atoms with Crippen LogP contribution in [-0.2, 0) is 9.53 Å². The second kappa shape index (κ2) is 9.62. The fourth-order valence-corrected chi connectivity index (χ4v) is 3.65. The van der Waals surface area contributed by atoms with Crippen LogP contribution >= 0.6 is 0 Å². The topological polar surface area (TPSA) is 125 Å². The van der Waals surface area contributed by atoms with E-state index in [1.807, 2.05) is 19.1 Å². The molecule has 0 bridgehead atoms. The Morgan fingerprint density at radius 1 is 1.22 bits per heavy atom. The zero-order chi connectivity index (χ0) is 23.5.